The van der Waals surface area contributed by atoms with Crippen LogP contribution in [0.25, 0.3) is 0 Å². The maximum absolute atomic E-state index is 12.6. The van der Waals surface area contributed by atoms with Gasteiger partial charge in [0.25, 0.3) is 10.0 Å². The van der Waals surface area contributed by atoms with E-state index in [4.69, 9.17) is 4.74 Å². The van der Waals surface area contributed by atoms with Crippen molar-refractivity contribution in [2.75, 3.05) is 31.5 Å². The van der Waals surface area contributed by atoms with Gasteiger partial charge in [-0.25, -0.2) is 13.4 Å². The fraction of sp³-hybridized carbons (Fsp3) is 0.389. The van der Waals surface area contributed by atoms with Crippen LogP contribution in [-0.2, 0) is 22.9 Å². The standard InChI is InChI=1S/C18H23N3O3S/c1-3-21-11-9-14-13-17(18(24-2)19-16(14)10-12-21)20-25(22,23)15-7-5-4-6-8-15/h4-8,13,20H,3,9-12H2,1-2H3. The number of fused-ring (bicyclic) bond motifs is 1. The number of benzene rings is 1. The lowest BCUT2D eigenvalue weighted by Crippen LogP contribution is -2.25. The van der Waals surface area contributed by atoms with Crippen LogP contribution in [0.4, 0.5) is 5.69 Å². The Morgan fingerprint density at radius 2 is 1.92 bits per heavy atom. The second-order valence-corrected chi connectivity index (χ2v) is 7.69. The summed E-state index contributed by atoms with van der Waals surface area (Å²) in [5.74, 6) is 0.309. The molecule has 1 aromatic heterocycles. The number of nitrogens with one attached hydrogen (secondary N) is 1. The highest BCUT2D eigenvalue weighted by atomic mass is 32.2. The molecule has 1 aliphatic heterocycles. The average Bonchev–Trinajstić information content (AvgIpc) is 2.83. The van der Waals surface area contributed by atoms with Crippen molar-refractivity contribution >= 4 is 15.7 Å². The Morgan fingerprint density at radius 1 is 1.20 bits per heavy atom. The number of nitrogens with zero attached hydrogens (tertiary/aromatic N) is 2. The summed E-state index contributed by atoms with van der Waals surface area (Å²) in [4.78, 5) is 7.14. The maximum atomic E-state index is 12.6. The van der Waals surface area contributed by atoms with Crippen LogP contribution in [0.1, 0.15) is 18.2 Å². The Labute approximate surface area is 148 Å². The molecule has 0 unspecified atom stereocenters. The van der Waals surface area contributed by atoms with Gasteiger partial charge < -0.3 is 9.64 Å². The number of ether oxygens (including phenoxy) is 1. The number of anilines is 1. The first-order valence-electron chi connectivity index (χ1n) is 8.40. The zero-order valence-corrected chi connectivity index (χ0v) is 15.3. The molecule has 0 radical (unpaired) electrons. The lowest BCUT2D eigenvalue weighted by atomic mass is 10.1. The van der Waals surface area contributed by atoms with Crippen molar-refractivity contribution in [2.24, 2.45) is 0 Å². The van der Waals surface area contributed by atoms with Crippen molar-refractivity contribution in [1.29, 1.82) is 0 Å². The van der Waals surface area contributed by atoms with E-state index in [0.717, 1.165) is 43.7 Å². The van der Waals surface area contributed by atoms with E-state index < -0.39 is 10.0 Å². The Hall–Kier alpha value is -2.12. The third-order valence-electron chi connectivity index (χ3n) is 4.46. The first kappa shape index (κ1) is 17.7. The summed E-state index contributed by atoms with van der Waals surface area (Å²) in [5.41, 5.74) is 2.44. The molecular weight excluding hydrogens is 338 g/mol. The van der Waals surface area contributed by atoms with Crippen molar-refractivity contribution < 1.29 is 13.2 Å². The molecule has 1 aromatic carbocycles. The van der Waals surface area contributed by atoms with Crippen LogP contribution in [0.3, 0.4) is 0 Å². The number of hydrogen-bond acceptors (Lipinski definition) is 5. The molecule has 0 spiro atoms. The third kappa shape index (κ3) is 3.93. The molecule has 0 saturated heterocycles. The molecule has 1 N–H and O–H groups in total. The summed E-state index contributed by atoms with van der Waals surface area (Å²) in [7, 11) is -2.17. The number of likely N-dealkylation sites (N-methyl/N-ethyl adjacent to an activating group) is 1. The summed E-state index contributed by atoms with van der Waals surface area (Å²) < 4.78 is 33.2. The average molecular weight is 361 g/mol. The summed E-state index contributed by atoms with van der Waals surface area (Å²) in [6.07, 6.45) is 1.69. The number of sulfonamides is 1. The van der Waals surface area contributed by atoms with E-state index in [0.29, 0.717) is 11.6 Å². The van der Waals surface area contributed by atoms with Crippen molar-refractivity contribution in [3.63, 3.8) is 0 Å². The normalized spacial score (nSPS) is 15.3. The lowest BCUT2D eigenvalue weighted by Gasteiger charge is -2.15. The monoisotopic (exact) mass is 361 g/mol. The Morgan fingerprint density at radius 3 is 2.60 bits per heavy atom. The Bertz CT molecular complexity index is 838. The van der Waals surface area contributed by atoms with E-state index in [1.807, 2.05) is 6.07 Å². The van der Waals surface area contributed by atoms with E-state index in [1.54, 1.807) is 30.3 Å². The molecule has 0 amide bonds. The van der Waals surface area contributed by atoms with Gasteiger partial charge in [0.05, 0.1) is 12.0 Å². The van der Waals surface area contributed by atoms with Gasteiger partial charge in [-0.3, -0.25) is 4.72 Å². The second kappa shape index (κ2) is 7.41. The van der Waals surface area contributed by atoms with E-state index >= 15 is 0 Å². The van der Waals surface area contributed by atoms with Gasteiger partial charge in [-0.2, -0.15) is 0 Å². The van der Waals surface area contributed by atoms with Gasteiger partial charge >= 0.3 is 0 Å². The van der Waals surface area contributed by atoms with Crippen LogP contribution < -0.4 is 9.46 Å². The van der Waals surface area contributed by atoms with Crippen LogP contribution in [0.15, 0.2) is 41.3 Å². The topological polar surface area (TPSA) is 71.5 Å². The molecular formula is C18H23N3O3S. The summed E-state index contributed by atoms with van der Waals surface area (Å²) >= 11 is 0. The first-order valence-corrected chi connectivity index (χ1v) is 9.89. The van der Waals surface area contributed by atoms with E-state index in [9.17, 15) is 8.42 Å². The molecule has 0 atom stereocenters. The molecule has 3 rings (SSSR count). The number of pyridine rings is 1. The van der Waals surface area contributed by atoms with Crippen molar-refractivity contribution in [3.05, 3.63) is 47.7 Å². The second-order valence-electron chi connectivity index (χ2n) is 6.00. The van der Waals surface area contributed by atoms with Gasteiger partial charge in [0, 0.05) is 25.2 Å². The van der Waals surface area contributed by atoms with E-state index in [2.05, 4.69) is 21.5 Å². The lowest BCUT2D eigenvalue weighted by molar-refractivity contribution is 0.303. The van der Waals surface area contributed by atoms with Crippen LogP contribution in [0.5, 0.6) is 5.88 Å². The molecule has 6 nitrogen and oxygen atoms in total. The minimum Gasteiger partial charge on any atom is -0.479 e. The molecule has 7 heteroatoms. The predicted octanol–water partition coefficient (Wildman–Crippen LogP) is 2.31. The van der Waals surface area contributed by atoms with Gasteiger partial charge in [-0.05, 0) is 36.7 Å². The number of methoxy groups -OCH3 is 1. The highest BCUT2D eigenvalue weighted by Gasteiger charge is 2.21. The van der Waals surface area contributed by atoms with Crippen molar-refractivity contribution in [2.45, 2.75) is 24.7 Å². The smallest absolute Gasteiger partial charge is 0.262 e. The van der Waals surface area contributed by atoms with Gasteiger partial charge in [-0.1, -0.05) is 25.1 Å². The first-order chi connectivity index (χ1) is 12.0. The largest absolute Gasteiger partial charge is 0.479 e. The third-order valence-corrected chi connectivity index (χ3v) is 5.84. The molecule has 1 aliphatic rings. The number of rotatable bonds is 5. The minimum absolute atomic E-state index is 0.212. The molecule has 2 heterocycles. The molecule has 134 valence electrons. The SMILES string of the molecule is CCN1CCc2cc(NS(=O)(=O)c3ccccc3)c(OC)nc2CC1. The van der Waals surface area contributed by atoms with Crippen molar-refractivity contribution in [1.82, 2.24) is 9.88 Å². The summed E-state index contributed by atoms with van der Waals surface area (Å²) in [6, 6.07) is 10.2. The zero-order chi connectivity index (χ0) is 17.9. The molecule has 0 fully saturated rings. The van der Waals surface area contributed by atoms with E-state index in [-0.39, 0.29) is 4.90 Å². The Kier molecular flexibility index (Phi) is 5.24. The van der Waals surface area contributed by atoms with Gasteiger partial charge in [-0.15, -0.1) is 0 Å². The maximum Gasteiger partial charge on any atom is 0.262 e. The minimum atomic E-state index is -3.68. The summed E-state index contributed by atoms with van der Waals surface area (Å²) in [6.45, 7) is 5.04. The highest BCUT2D eigenvalue weighted by molar-refractivity contribution is 7.92. The molecule has 25 heavy (non-hydrogen) atoms. The van der Waals surface area contributed by atoms with Crippen LogP contribution >= 0.6 is 0 Å². The van der Waals surface area contributed by atoms with Gasteiger partial charge in [0.1, 0.15) is 5.69 Å². The molecule has 0 bridgehead atoms. The molecule has 2 aromatic rings. The number of aromatic nitrogens is 1. The van der Waals surface area contributed by atoms with Gasteiger partial charge in [0.2, 0.25) is 5.88 Å². The number of hydrogen-bond donors (Lipinski definition) is 1. The molecule has 0 aliphatic carbocycles. The van der Waals surface area contributed by atoms with Crippen LogP contribution in [0, 0.1) is 0 Å². The zero-order valence-electron chi connectivity index (χ0n) is 14.5. The van der Waals surface area contributed by atoms with Crippen LogP contribution in [-0.4, -0.2) is 45.0 Å². The predicted molar refractivity (Wildman–Crippen MR) is 97.6 cm³/mol. The highest BCUT2D eigenvalue weighted by Crippen LogP contribution is 2.29. The Balaban J connectivity index is 1.93. The van der Waals surface area contributed by atoms with E-state index in [1.165, 1.54) is 7.11 Å². The van der Waals surface area contributed by atoms with Gasteiger partial charge in [0.15, 0.2) is 0 Å². The quantitative estimate of drug-likeness (QED) is 0.885. The van der Waals surface area contributed by atoms with Crippen LogP contribution in [0.2, 0.25) is 0 Å². The fourth-order valence-electron chi connectivity index (χ4n) is 3.01. The van der Waals surface area contributed by atoms with Crippen molar-refractivity contribution in [3.8, 4) is 5.88 Å². The fourth-order valence-corrected chi connectivity index (χ4v) is 4.08. The summed E-state index contributed by atoms with van der Waals surface area (Å²) in [5, 5.41) is 0. The molecule has 0 saturated carbocycles.